The number of ether oxygens (including phenoxy) is 1. The summed E-state index contributed by atoms with van der Waals surface area (Å²) in [7, 11) is 1.65. The van der Waals surface area contributed by atoms with Gasteiger partial charge in [-0.2, -0.15) is 0 Å². The number of hydrogen-bond acceptors (Lipinski definition) is 3. The van der Waals surface area contributed by atoms with Crippen LogP contribution < -0.4 is 15.8 Å². The van der Waals surface area contributed by atoms with Crippen molar-refractivity contribution < 1.29 is 9.53 Å². The molecule has 2 atom stereocenters. The molecule has 0 saturated carbocycles. The Morgan fingerprint density at radius 1 is 1.33 bits per heavy atom. The van der Waals surface area contributed by atoms with E-state index < -0.39 is 6.04 Å². The first-order chi connectivity index (χ1) is 8.52. The Labute approximate surface area is 109 Å². The van der Waals surface area contributed by atoms with Crippen LogP contribution >= 0.6 is 0 Å². The molecule has 0 aliphatic heterocycles. The Morgan fingerprint density at radius 3 is 2.44 bits per heavy atom. The molecule has 0 saturated heterocycles. The fraction of sp³-hybridized carbons (Fsp3) is 0.500. The Hall–Kier alpha value is -1.55. The van der Waals surface area contributed by atoms with Crippen LogP contribution in [0, 0.1) is 5.92 Å². The molecule has 1 aromatic rings. The normalized spacial score (nSPS) is 13.8. The third-order valence-corrected chi connectivity index (χ3v) is 2.78. The topological polar surface area (TPSA) is 64.3 Å². The van der Waals surface area contributed by atoms with Gasteiger partial charge in [-0.1, -0.05) is 19.1 Å². The minimum atomic E-state index is -0.446. The van der Waals surface area contributed by atoms with Gasteiger partial charge in [0.1, 0.15) is 5.75 Å². The highest BCUT2D eigenvalue weighted by Crippen LogP contribution is 2.14. The van der Waals surface area contributed by atoms with Crippen LogP contribution in [0.5, 0.6) is 5.75 Å². The molecule has 0 aliphatic carbocycles. The van der Waals surface area contributed by atoms with Crippen molar-refractivity contribution in [3.8, 4) is 5.75 Å². The molecule has 4 heteroatoms. The van der Waals surface area contributed by atoms with Gasteiger partial charge in [-0.05, 0) is 37.0 Å². The molecule has 1 amide bonds. The van der Waals surface area contributed by atoms with Crippen molar-refractivity contribution in [2.75, 3.05) is 13.7 Å². The summed E-state index contributed by atoms with van der Waals surface area (Å²) < 4.78 is 5.11. The molecule has 0 aromatic heterocycles. The lowest BCUT2D eigenvalue weighted by molar-refractivity contribution is -0.122. The Balaban J connectivity index is 2.39. The quantitative estimate of drug-likeness (QED) is 0.800. The van der Waals surface area contributed by atoms with Crippen molar-refractivity contribution in [1.82, 2.24) is 5.32 Å². The zero-order chi connectivity index (χ0) is 13.5. The van der Waals surface area contributed by atoms with Crippen molar-refractivity contribution in [1.29, 1.82) is 0 Å². The highest BCUT2D eigenvalue weighted by molar-refractivity contribution is 5.80. The highest BCUT2D eigenvalue weighted by Gasteiger charge is 2.09. The van der Waals surface area contributed by atoms with Crippen LogP contribution in [-0.2, 0) is 11.2 Å². The molecule has 1 aromatic carbocycles. The minimum Gasteiger partial charge on any atom is -0.497 e. The monoisotopic (exact) mass is 250 g/mol. The van der Waals surface area contributed by atoms with E-state index in [1.807, 2.05) is 24.3 Å². The number of methoxy groups -OCH3 is 1. The van der Waals surface area contributed by atoms with E-state index >= 15 is 0 Å². The van der Waals surface area contributed by atoms with Gasteiger partial charge in [0.05, 0.1) is 13.2 Å². The van der Waals surface area contributed by atoms with E-state index in [0.29, 0.717) is 12.5 Å². The zero-order valence-corrected chi connectivity index (χ0v) is 11.3. The number of carbonyl (C=O) groups is 1. The second kappa shape index (κ2) is 7.01. The fourth-order valence-electron chi connectivity index (χ4n) is 1.67. The predicted octanol–water partition coefficient (Wildman–Crippen LogP) is 1.34. The van der Waals surface area contributed by atoms with E-state index in [2.05, 4.69) is 12.2 Å². The summed E-state index contributed by atoms with van der Waals surface area (Å²) in [6, 6.07) is 7.54. The van der Waals surface area contributed by atoms with Crippen molar-refractivity contribution in [2.24, 2.45) is 11.7 Å². The maximum atomic E-state index is 11.3. The molecule has 0 bridgehead atoms. The third kappa shape index (κ3) is 4.75. The summed E-state index contributed by atoms with van der Waals surface area (Å²) in [5.41, 5.74) is 6.72. The number of benzene rings is 1. The Bertz CT molecular complexity index is 374. The van der Waals surface area contributed by atoms with Gasteiger partial charge < -0.3 is 15.8 Å². The second-order valence-corrected chi connectivity index (χ2v) is 4.69. The lowest BCUT2D eigenvalue weighted by atomic mass is 10.0. The maximum absolute atomic E-state index is 11.3. The van der Waals surface area contributed by atoms with Crippen LogP contribution in [0.1, 0.15) is 19.4 Å². The lowest BCUT2D eigenvalue weighted by Crippen LogP contribution is -2.40. The molecule has 4 nitrogen and oxygen atoms in total. The minimum absolute atomic E-state index is 0.100. The van der Waals surface area contributed by atoms with E-state index in [0.717, 1.165) is 12.2 Å². The number of hydrogen-bond donors (Lipinski definition) is 2. The summed E-state index contributed by atoms with van der Waals surface area (Å²) in [6.07, 6.45) is 0.920. The summed E-state index contributed by atoms with van der Waals surface area (Å²) >= 11 is 0. The van der Waals surface area contributed by atoms with E-state index in [4.69, 9.17) is 10.5 Å². The van der Waals surface area contributed by atoms with Crippen LogP contribution in [-0.4, -0.2) is 25.6 Å². The standard InChI is InChI=1S/C14H22N2O2/c1-10(9-16-14(17)11(2)15)8-12-4-6-13(18-3)7-5-12/h4-7,10-11H,8-9,15H2,1-3H3,(H,16,17). The zero-order valence-electron chi connectivity index (χ0n) is 11.3. The van der Waals surface area contributed by atoms with E-state index in [9.17, 15) is 4.79 Å². The molecule has 0 spiro atoms. The average molecular weight is 250 g/mol. The van der Waals surface area contributed by atoms with Gasteiger partial charge in [-0.15, -0.1) is 0 Å². The summed E-state index contributed by atoms with van der Waals surface area (Å²) in [4.78, 5) is 11.3. The van der Waals surface area contributed by atoms with Crippen LogP contribution in [0.15, 0.2) is 24.3 Å². The van der Waals surface area contributed by atoms with Crippen LogP contribution in [0.3, 0.4) is 0 Å². The predicted molar refractivity (Wildman–Crippen MR) is 72.5 cm³/mol. The van der Waals surface area contributed by atoms with Gasteiger partial charge in [0.15, 0.2) is 0 Å². The van der Waals surface area contributed by atoms with Crippen molar-refractivity contribution in [3.05, 3.63) is 29.8 Å². The first kappa shape index (κ1) is 14.5. The molecule has 0 radical (unpaired) electrons. The van der Waals surface area contributed by atoms with Crippen LogP contribution in [0.2, 0.25) is 0 Å². The summed E-state index contributed by atoms with van der Waals surface area (Å²) in [5, 5.41) is 2.84. The lowest BCUT2D eigenvalue weighted by Gasteiger charge is -2.14. The second-order valence-electron chi connectivity index (χ2n) is 4.69. The molecule has 2 unspecified atom stereocenters. The molecule has 100 valence electrons. The molecule has 0 fully saturated rings. The molecular formula is C14H22N2O2. The maximum Gasteiger partial charge on any atom is 0.236 e. The molecule has 3 N–H and O–H groups in total. The van der Waals surface area contributed by atoms with Gasteiger partial charge in [0.2, 0.25) is 5.91 Å². The first-order valence-electron chi connectivity index (χ1n) is 6.19. The molecular weight excluding hydrogens is 228 g/mol. The molecule has 1 rings (SSSR count). The smallest absolute Gasteiger partial charge is 0.236 e. The van der Waals surface area contributed by atoms with Gasteiger partial charge in [-0.3, -0.25) is 4.79 Å². The number of amides is 1. The van der Waals surface area contributed by atoms with Crippen molar-refractivity contribution in [2.45, 2.75) is 26.3 Å². The fourth-order valence-corrected chi connectivity index (χ4v) is 1.67. The van der Waals surface area contributed by atoms with Gasteiger partial charge >= 0.3 is 0 Å². The number of carbonyl (C=O) groups excluding carboxylic acids is 1. The summed E-state index contributed by atoms with van der Waals surface area (Å²) in [6.45, 7) is 4.43. The van der Waals surface area contributed by atoms with Gasteiger partial charge in [0.25, 0.3) is 0 Å². The van der Waals surface area contributed by atoms with E-state index in [1.54, 1.807) is 14.0 Å². The SMILES string of the molecule is COc1ccc(CC(C)CNC(=O)C(C)N)cc1. The Kier molecular flexibility index (Phi) is 5.65. The van der Waals surface area contributed by atoms with Crippen LogP contribution in [0.25, 0.3) is 0 Å². The van der Waals surface area contributed by atoms with E-state index in [1.165, 1.54) is 5.56 Å². The number of nitrogens with two attached hydrogens (primary N) is 1. The Morgan fingerprint density at radius 2 is 1.94 bits per heavy atom. The first-order valence-corrected chi connectivity index (χ1v) is 6.19. The van der Waals surface area contributed by atoms with Gasteiger partial charge in [-0.25, -0.2) is 0 Å². The average Bonchev–Trinajstić information content (AvgIpc) is 2.36. The van der Waals surface area contributed by atoms with Crippen LogP contribution in [0.4, 0.5) is 0 Å². The highest BCUT2D eigenvalue weighted by atomic mass is 16.5. The molecule has 18 heavy (non-hydrogen) atoms. The largest absolute Gasteiger partial charge is 0.497 e. The number of rotatable bonds is 6. The van der Waals surface area contributed by atoms with Gasteiger partial charge in [0, 0.05) is 6.54 Å². The number of nitrogens with one attached hydrogen (secondary N) is 1. The molecule has 0 heterocycles. The van der Waals surface area contributed by atoms with E-state index in [-0.39, 0.29) is 5.91 Å². The van der Waals surface area contributed by atoms with Crippen molar-refractivity contribution in [3.63, 3.8) is 0 Å². The summed E-state index contributed by atoms with van der Waals surface area (Å²) in [5.74, 6) is 1.13. The van der Waals surface area contributed by atoms with Crippen molar-refractivity contribution >= 4 is 5.91 Å². The molecule has 0 aliphatic rings. The third-order valence-electron chi connectivity index (χ3n) is 2.78.